The zero-order chi connectivity index (χ0) is 15.2. The Morgan fingerprint density at radius 3 is 3.00 bits per heavy atom. The summed E-state index contributed by atoms with van der Waals surface area (Å²) in [5, 5.41) is 11.9. The van der Waals surface area contributed by atoms with Gasteiger partial charge in [0.25, 0.3) is 5.91 Å². The predicted molar refractivity (Wildman–Crippen MR) is 84.8 cm³/mol. The molecule has 108 valence electrons. The molecular weight excluding hydrogens is 286 g/mol. The number of carbonyl (C=O) groups excluding carboxylic acids is 1. The lowest BCUT2D eigenvalue weighted by Crippen LogP contribution is -2.14. The first-order chi connectivity index (χ1) is 10.1. The molecule has 1 heterocycles. The largest absolute Gasteiger partial charge is 0.384 e. The van der Waals surface area contributed by atoms with Crippen LogP contribution in [0.15, 0.2) is 30.5 Å². The summed E-state index contributed by atoms with van der Waals surface area (Å²) in [4.78, 5) is 18.9. The topological polar surface area (TPSA) is 65.5 Å². The van der Waals surface area contributed by atoms with Crippen LogP contribution in [-0.2, 0) is 0 Å². The van der Waals surface area contributed by atoms with Crippen LogP contribution in [0.3, 0.4) is 0 Å². The molecule has 1 aromatic carbocycles. The zero-order valence-electron chi connectivity index (χ0n) is 11.8. The van der Waals surface area contributed by atoms with E-state index >= 15 is 0 Å². The normalized spacial score (nSPS) is 9.67. The number of nitrogens with zero attached hydrogens (tertiary/aromatic N) is 2. The summed E-state index contributed by atoms with van der Waals surface area (Å²) in [6.07, 6.45) is 1.57. The molecule has 0 aliphatic heterocycles. The van der Waals surface area contributed by atoms with Crippen LogP contribution in [0.2, 0.25) is 0 Å². The molecule has 0 atom stereocenters. The maximum Gasteiger partial charge on any atom is 0.257 e. The maximum absolute atomic E-state index is 12.2. The Kier molecular flexibility index (Phi) is 4.93. The Balaban J connectivity index is 2.11. The monoisotopic (exact) mass is 301 g/mol. The Bertz CT molecular complexity index is 698. The first-order valence-electron chi connectivity index (χ1n) is 6.24. The number of aromatic nitrogens is 1. The number of hydrogen-bond donors (Lipinski definition) is 2. The number of aliphatic hydroxyl groups is 1. The van der Waals surface area contributed by atoms with E-state index in [1.54, 1.807) is 12.3 Å². The summed E-state index contributed by atoms with van der Waals surface area (Å²) in [6, 6.07) is 7.34. The van der Waals surface area contributed by atoms with Crippen molar-refractivity contribution >= 4 is 28.1 Å². The number of nitrogens with one attached hydrogen (secondary N) is 1. The third-order valence-corrected chi connectivity index (χ3v) is 3.47. The second kappa shape index (κ2) is 6.88. The van der Waals surface area contributed by atoms with Gasteiger partial charge in [-0.05, 0) is 18.2 Å². The fourth-order valence-electron chi connectivity index (χ4n) is 1.61. The number of anilines is 2. The van der Waals surface area contributed by atoms with Gasteiger partial charge in [0, 0.05) is 25.3 Å². The van der Waals surface area contributed by atoms with Gasteiger partial charge in [-0.3, -0.25) is 10.1 Å². The first-order valence-corrected chi connectivity index (χ1v) is 7.06. The van der Waals surface area contributed by atoms with Crippen LogP contribution in [0.4, 0.5) is 10.8 Å². The van der Waals surface area contributed by atoms with Gasteiger partial charge >= 0.3 is 0 Å². The van der Waals surface area contributed by atoms with Gasteiger partial charge in [0.05, 0.1) is 11.1 Å². The van der Waals surface area contributed by atoms with Crippen molar-refractivity contribution < 1.29 is 9.90 Å². The van der Waals surface area contributed by atoms with Crippen LogP contribution in [0.5, 0.6) is 0 Å². The highest BCUT2D eigenvalue weighted by Crippen LogP contribution is 2.19. The summed E-state index contributed by atoms with van der Waals surface area (Å²) in [6.45, 7) is -0.197. The number of hydrogen-bond acceptors (Lipinski definition) is 5. The van der Waals surface area contributed by atoms with Crippen molar-refractivity contribution in [2.75, 3.05) is 30.9 Å². The van der Waals surface area contributed by atoms with Crippen LogP contribution in [0, 0.1) is 11.8 Å². The fraction of sp³-hybridized carbons (Fsp3) is 0.200. The van der Waals surface area contributed by atoms with E-state index in [0.29, 0.717) is 15.6 Å². The van der Waals surface area contributed by atoms with E-state index in [-0.39, 0.29) is 12.5 Å². The van der Waals surface area contributed by atoms with Crippen molar-refractivity contribution in [2.24, 2.45) is 0 Å². The molecule has 0 aliphatic carbocycles. The second-order valence-corrected chi connectivity index (χ2v) is 5.42. The molecule has 1 amide bonds. The highest BCUT2D eigenvalue weighted by molar-refractivity contribution is 7.16. The minimum Gasteiger partial charge on any atom is -0.384 e. The summed E-state index contributed by atoms with van der Waals surface area (Å²) >= 11 is 1.27. The number of benzene rings is 1. The summed E-state index contributed by atoms with van der Waals surface area (Å²) in [5.74, 6) is 5.08. The smallest absolute Gasteiger partial charge is 0.257 e. The van der Waals surface area contributed by atoms with Crippen molar-refractivity contribution in [3.63, 3.8) is 0 Å². The lowest BCUT2D eigenvalue weighted by Gasteiger charge is -2.13. The first kappa shape index (κ1) is 15.0. The van der Waals surface area contributed by atoms with E-state index in [0.717, 1.165) is 5.69 Å². The predicted octanol–water partition coefficient (Wildman–Crippen LogP) is 1.81. The minimum atomic E-state index is -0.213. The van der Waals surface area contributed by atoms with Gasteiger partial charge in [-0.15, -0.1) is 0 Å². The zero-order valence-corrected chi connectivity index (χ0v) is 12.6. The lowest BCUT2D eigenvalue weighted by molar-refractivity contribution is 0.102. The molecule has 21 heavy (non-hydrogen) atoms. The molecule has 0 radical (unpaired) electrons. The molecule has 2 aromatic rings. The van der Waals surface area contributed by atoms with Crippen LogP contribution >= 0.6 is 11.3 Å². The molecule has 0 saturated heterocycles. The van der Waals surface area contributed by atoms with E-state index in [2.05, 4.69) is 22.1 Å². The highest BCUT2D eigenvalue weighted by Gasteiger charge is 2.09. The van der Waals surface area contributed by atoms with E-state index in [9.17, 15) is 4.79 Å². The summed E-state index contributed by atoms with van der Waals surface area (Å²) < 4.78 is 0. The van der Waals surface area contributed by atoms with E-state index < -0.39 is 0 Å². The average molecular weight is 301 g/mol. The molecule has 0 aliphatic rings. The Hall–Kier alpha value is -2.36. The summed E-state index contributed by atoms with van der Waals surface area (Å²) in [5.41, 5.74) is 1.52. The molecule has 2 rings (SSSR count). The molecule has 2 N–H and O–H groups in total. The van der Waals surface area contributed by atoms with Gasteiger partial charge in [-0.1, -0.05) is 29.2 Å². The molecule has 6 heteroatoms. The van der Waals surface area contributed by atoms with Crippen LogP contribution in [0.1, 0.15) is 15.2 Å². The second-order valence-electron chi connectivity index (χ2n) is 4.39. The number of rotatable bonds is 3. The number of amides is 1. The minimum absolute atomic E-state index is 0.197. The number of aliphatic hydroxyl groups excluding tert-OH is 1. The Morgan fingerprint density at radius 2 is 2.29 bits per heavy atom. The number of thiazole rings is 1. The van der Waals surface area contributed by atoms with Gasteiger partial charge in [0.1, 0.15) is 6.61 Å². The number of carbonyl (C=O) groups is 1. The van der Waals surface area contributed by atoms with Crippen LogP contribution in [0.25, 0.3) is 0 Å². The molecular formula is C15H15N3O2S. The van der Waals surface area contributed by atoms with Crippen LogP contribution < -0.4 is 10.2 Å². The Labute approximate surface area is 127 Å². The van der Waals surface area contributed by atoms with Gasteiger partial charge < -0.3 is 10.0 Å². The lowest BCUT2D eigenvalue weighted by atomic mass is 10.2. The molecule has 0 unspecified atom stereocenters. The highest BCUT2D eigenvalue weighted by atomic mass is 32.1. The molecule has 0 spiro atoms. The van der Waals surface area contributed by atoms with Crippen molar-refractivity contribution in [1.29, 1.82) is 0 Å². The molecule has 0 bridgehead atoms. The van der Waals surface area contributed by atoms with Crippen molar-refractivity contribution in [3.8, 4) is 11.8 Å². The van der Waals surface area contributed by atoms with E-state index in [4.69, 9.17) is 5.11 Å². The van der Waals surface area contributed by atoms with E-state index in [1.165, 1.54) is 11.3 Å². The fourth-order valence-corrected chi connectivity index (χ4v) is 2.30. The van der Waals surface area contributed by atoms with Crippen molar-refractivity contribution in [3.05, 3.63) is 40.9 Å². The van der Waals surface area contributed by atoms with Gasteiger partial charge in [-0.25, -0.2) is 4.98 Å². The quantitative estimate of drug-likeness (QED) is 0.849. The van der Waals surface area contributed by atoms with E-state index in [1.807, 2.05) is 37.2 Å². The third-order valence-electron chi connectivity index (χ3n) is 2.64. The third kappa shape index (κ3) is 4.05. The molecule has 1 aromatic heterocycles. The van der Waals surface area contributed by atoms with Gasteiger partial charge in [0.15, 0.2) is 5.13 Å². The van der Waals surface area contributed by atoms with Gasteiger partial charge in [-0.2, -0.15) is 0 Å². The summed E-state index contributed by atoms with van der Waals surface area (Å²) in [7, 11) is 3.84. The average Bonchev–Trinajstić information content (AvgIpc) is 2.92. The maximum atomic E-state index is 12.2. The standard InChI is InChI=1S/C15H15N3O2S/c1-18(2)12-6-3-5-11(9-12)14(20)17-15-16-10-13(21-15)7-4-8-19/h3,5-6,9-10,19H,8H2,1-2H3,(H,16,17,20). The van der Waals surface area contributed by atoms with Crippen LogP contribution in [-0.4, -0.2) is 36.7 Å². The SMILES string of the molecule is CN(C)c1cccc(C(=O)Nc2ncc(C#CCO)s2)c1. The van der Waals surface area contributed by atoms with Gasteiger partial charge in [0.2, 0.25) is 0 Å². The Morgan fingerprint density at radius 1 is 1.48 bits per heavy atom. The molecule has 0 saturated carbocycles. The molecule has 0 fully saturated rings. The van der Waals surface area contributed by atoms with Crippen molar-refractivity contribution in [1.82, 2.24) is 4.98 Å². The van der Waals surface area contributed by atoms with Crippen molar-refractivity contribution in [2.45, 2.75) is 0 Å². The molecule has 5 nitrogen and oxygen atoms in total.